The van der Waals surface area contributed by atoms with Gasteiger partial charge >= 0.3 is 5.97 Å². The van der Waals surface area contributed by atoms with Gasteiger partial charge in [-0.2, -0.15) is 0 Å². The van der Waals surface area contributed by atoms with Gasteiger partial charge in [-0.3, -0.25) is 4.79 Å². The number of para-hydroxylation sites is 1. The molecule has 20 heavy (non-hydrogen) atoms. The van der Waals surface area contributed by atoms with Crippen molar-refractivity contribution in [3.8, 4) is 0 Å². The van der Waals surface area contributed by atoms with Gasteiger partial charge in [0, 0.05) is 17.5 Å². The fourth-order valence-corrected chi connectivity index (χ4v) is 3.78. The summed E-state index contributed by atoms with van der Waals surface area (Å²) in [5.41, 5.74) is 0.913. The zero-order chi connectivity index (χ0) is 13.7. The van der Waals surface area contributed by atoms with Gasteiger partial charge in [-0.25, -0.2) is 9.97 Å². The molecule has 0 saturated carbocycles. The molecule has 2 fully saturated rings. The highest BCUT2D eigenvalue weighted by Gasteiger charge is 2.50. The number of carbonyl (C=O) groups is 1. The van der Waals surface area contributed by atoms with E-state index in [1.54, 1.807) is 6.33 Å². The minimum absolute atomic E-state index is 0.0795. The van der Waals surface area contributed by atoms with Crippen molar-refractivity contribution in [2.45, 2.75) is 31.3 Å². The number of carboxylic acids is 1. The van der Waals surface area contributed by atoms with Gasteiger partial charge in [0.1, 0.15) is 12.1 Å². The molecule has 5 nitrogen and oxygen atoms in total. The fraction of sp³-hybridized carbons (Fsp3) is 0.400. The number of hydrogen-bond donors (Lipinski definition) is 1. The van der Waals surface area contributed by atoms with E-state index < -0.39 is 5.97 Å². The highest BCUT2D eigenvalue weighted by Crippen LogP contribution is 2.45. The molecule has 2 bridgehead atoms. The van der Waals surface area contributed by atoms with Gasteiger partial charge in [0.05, 0.1) is 11.4 Å². The number of anilines is 1. The van der Waals surface area contributed by atoms with E-state index in [4.69, 9.17) is 0 Å². The Hall–Kier alpha value is -2.17. The maximum Gasteiger partial charge on any atom is 0.308 e. The SMILES string of the molecule is O=C(O)C1CC2CCC1N2c1ncnc2ccccc12. The van der Waals surface area contributed by atoms with E-state index in [-0.39, 0.29) is 12.0 Å². The predicted molar refractivity (Wildman–Crippen MR) is 74.6 cm³/mol. The molecule has 3 unspecified atom stereocenters. The first kappa shape index (κ1) is 11.6. The van der Waals surface area contributed by atoms with Crippen molar-refractivity contribution in [2.24, 2.45) is 5.92 Å². The van der Waals surface area contributed by atoms with E-state index in [2.05, 4.69) is 14.9 Å². The van der Waals surface area contributed by atoms with Crippen molar-refractivity contribution in [2.75, 3.05) is 4.90 Å². The molecule has 4 rings (SSSR count). The average Bonchev–Trinajstić information content (AvgIpc) is 3.04. The number of benzene rings is 1. The van der Waals surface area contributed by atoms with Crippen LogP contribution in [-0.2, 0) is 4.79 Å². The molecule has 1 aromatic carbocycles. The lowest BCUT2D eigenvalue weighted by Gasteiger charge is -2.25. The standard InChI is InChI=1S/C15H15N3O2/c19-15(20)11-7-9-5-6-13(11)18(9)14-10-3-1-2-4-12(10)16-8-17-14/h1-4,8-9,11,13H,5-7H2,(H,19,20). The minimum atomic E-state index is -0.680. The molecule has 5 heteroatoms. The van der Waals surface area contributed by atoms with Gasteiger partial charge in [0.25, 0.3) is 0 Å². The monoisotopic (exact) mass is 269 g/mol. The van der Waals surface area contributed by atoms with Crippen LogP contribution in [0.5, 0.6) is 0 Å². The maximum absolute atomic E-state index is 11.4. The Bertz CT molecular complexity index is 682. The number of nitrogens with zero attached hydrogens (tertiary/aromatic N) is 3. The molecule has 0 amide bonds. The van der Waals surface area contributed by atoms with Crippen LogP contribution in [0.3, 0.4) is 0 Å². The van der Waals surface area contributed by atoms with Crippen LogP contribution in [0.2, 0.25) is 0 Å². The van der Waals surface area contributed by atoms with Crippen LogP contribution in [0.1, 0.15) is 19.3 Å². The van der Waals surface area contributed by atoms with Crippen molar-refractivity contribution in [3.05, 3.63) is 30.6 Å². The van der Waals surface area contributed by atoms with E-state index in [9.17, 15) is 9.90 Å². The molecule has 102 valence electrons. The molecule has 0 aliphatic carbocycles. The second-order valence-corrected chi connectivity index (χ2v) is 5.60. The molecule has 2 aromatic rings. The van der Waals surface area contributed by atoms with Gasteiger partial charge in [0.15, 0.2) is 0 Å². The number of aliphatic carboxylic acids is 1. The van der Waals surface area contributed by atoms with Crippen LogP contribution in [-0.4, -0.2) is 33.1 Å². The Labute approximate surface area is 116 Å². The van der Waals surface area contributed by atoms with Gasteiger partial charge in [-0.05, 0) is 31.4 Å². The molecule has 2 aliphatic rings. The van der Waals surface area contributed by atoms with Crippen LogP contribution >= 0.6 is 0 Å². The summed E-state index contributed by atoms with van der Waals surface area (Å²) in [6.07, 6.45) is 4.32. The van der Waals surface area contributed by atoms with Crippen molar-refractivity contribution in [1.82, 2.24) is 9.97 Å². The first-order chi connectivity index (χ1) is 9.75. The molecule has 0 radical (unpaired) electrons. The number of aromatic nitrogens is 2. The predicted octanol–water partition coefficient (Wildman–Crippen LogP) is 2.07. The topological polar surface area (TPSA) is 66.3 Å². The molecule has 0 spiro atoms. The van der Waals surface area contributed by atoms with E-state index in [1.807, 2.05) is 24.3 Å². The molecule has 1 aromatic heterocycles. The smallest absolute Gasteiger partial charge is 0.308 e. The normalized spacial score (nSPS) is 28.2. The van der Waals surface area contributed by atoms with E-state index in [0.29, 0.717) is 6.04 Å². The molecule has 3 heterocycles. The quantitative estimate of drug-likeness (QED) is 0.904. The number of carboxylic acid groups (broad SMARTS) is 1. The van der Waals surface area contributed by atoms with E-state index >= 15 is 0 Å². The summed E-state index contributed by atoms with van der Waals surface area (Å²) in [5.74, 6) is -0.0464. The first-order valence-electron chi connectivity index (χ1n) is 6.96. The molecule has 3 atom stereocenters. The number of rotatable bonds is 2. The summed E-state index contributed by atoms with van der Waals surface area (Å²) < 4.78 is 0. The Morgan fingerprint density at radius 3 is 2.90 bits per heavy atom. The van der Waals surface area contributed by atoms with Crippen molar-refractivity contribution < 1.29 is 9.90 Å². The van der Waals surface area contributed by atoms with Crippen LogP contribution in [0, 0.1) is 5.92 Å². The Morgan fingerprint density at radius 2 is 2.10 bits per heavy atom. The van der Waals surface area contributed by atoms with E-state index in [0.717, 1.165) is 36.0 Å². The average molecular weight is 269 g/mol. The summed E-state index contributed by atoms with van der Waals surface area (Å²) in [4.78, 5) is 22.3. The summed E-state index contributed by atoms with van der Waals surface area (Å²) in [6, 6.07) is 8.29. The number of fused-ring (bicyclic) bond motifs is 3. The summed E-state index contributed by atoms with van der Waals surface area (Å²) in [5, 5.41) is 10.4. The fourth-order valence-electron chi connectivity index (χ4n) is 3.78. The second-order valence-electron chi connectivity index (χ2n) is 5.60. The lowest BCUT2D eigenvalue weighted by atomic mass is 9.89. The largest absolute Gasteiger partial charge is 0.481 e. The third-order valence-electron chi connectivity index (χ3n) is 4.62. The van der Waals surface area contributed by atoms with Crippen molar-refractivity contribution >= 4 is 22.7 Å². The lowest BCUT2D eigenvalue weighted by molar-refractivity contribution is -0.142. The zero-order valence-corrected chi connectivity index (χ0v) is 10.9. The van der Waals surface area contributed by atoms with Gasteiger partial charge < -0.3 is 10.0 Å². The molecule has 2 saturated heterocycles. The number of hydrogen-bond acceptors (Lipinski definition) is 4. The molecular formula is C15H15N3O2. The second kappa shape index (κ2) is 4.16. The maximum atomic E-state index is 11.4. The van der Waals surface area contributed by atoms with Crippen LogP contribution in [0.4, 0.5) is 5.82 Å². The summed E-state index contributed by atoms with van der Waals surface area (Å²) in [6.45, 7) is 0. The van der Waals surface area contributed by atoms with Gasteiger partial charge in [0.2, 0.25) is 0 Å². The van der Waals surface area contributed by atoms with Crippen LogP contribution in [0.25, 0.3) is 10.9 Å². The highest BCUT2D eigenvalue weighted by molar-refractivity contribution is 5.90. The molecule has 1 N–H and O–H groups in total. The van der Waals surface area contributed by atoms with Crippen LogP contribution in [0.15, 0.2) is 30.6 Å². The Balaban J connectivity index is 1.83. The first-order valence-corrected chi connectivity index (χ1v) is 6.96. The Kier molecular flexibility index (Phi) is 2.42. The summed E-state index contributed by atoms with van der Waals surface area (Å²) in [7, 11) is 0. The Morgan fingerprint density at radius 1 is 1.25 bits per heavy atom. The van der Waals surface area contributed by atoms with Crippen LogP contribution < -0.4 is 4.90 Å². The van der Waals surface area contributed by atoms with Gasteiger partial charge in [-0.1, -0.05) is 12.1 Å². The molecular weight excluding hydrogens is 254 g/mol. The lowest BCUT2D eigenvalue weighted by Crippen LogP contribution is -2.33. The third-order valence-corrected chi connectivity index (χ3v) is 4.62. The van der Waals surface area contributed by atoms with E-state index in [1.165, 1.54) is 0 Å². The van der Waals surface area contributed by atoms with Crippen molar-refractivity contribution in [1.29, 1.82) is 0 Å². The zero-order valence-electron chi connectivity index (χ0n) is 10.9. The van der Waals surface area contributed by atoms with Gasteiger partial charge in [-0.15, -0.1) is 0 Å². The van der Waals surface area contributed by atoms with Crippen molar-refractivity contribution in [3.63, 3.8) is 0 Å². The highest BCUT2D eigenvalue weighted by atomic mass is 16.4. The molecule has 2 aliphatic heterocycles. The minimum Gasteiger partial charge on any atom is -0.481 e. The third kappa shape index (κ3) is 1.52. The summed E-state index contributed by atoms with van der Waals surface area (Å²) >= 11 is 0.